The van der Waals surface area contributed by atoms with Gasteiger partial charge in [-0.05, 0) is 48.7 Å². The Morgan fingerprint density at radius 2 is 1.83 bits per heavy atom. The van der Waals surface area contributed by atoms with Crippen LogP contribution in [-0.2, 0) is 11.3 Å². The van der Waals surface area contributed by atoms with E-state index >= 15 is 0 Å². The summed E-state index contributed by atoms with van der Waals surface area (Å²) in [6.07, 6.45) is 0.148. The van der Waals surface area contributed by atoms with Crippen LogP contribution in [0.2, 0.25) is 0 Å². The van der Waals surface area contributed by atoms with Gasteiger partial charge in [-0.3, -0.25) is 4.79 Å². The van der Waals surface area contributed by atoms with Crippen molar-refractivity contribution in [1.82, 2.24) is 4.90 Å². The molecule has 0 aliphatic carbocycles. The van der Waals surface area contributed by atoms with Crippen LogP contribution < -0.4 is 9.47 Å². The van der Waals surface area contributed by atoms with Gasteiger partial charge in [-0.2, -0.15) is 0 Å². The molecule has 4 heteroatoms. The Morgan fingerprint density at radius 3 is 2.42 bits per heavy atom. The Labute approximate surface area is 144 Å². The van der Waals surface area contributed by atoms with Gasteiger partial charge in [0, 0.05) is 13.6 Å². The number of methoxy groups -OCH3 is 1. The highest BCUT2D eigenvalue weighted by atomic mass is 16.5. The summed E-state index contributed by atoms with van der Waals surface area (Å²) in [6, 6.07) is 15.5. The summed E-state index contributed by atoms with van der Waals surface area (Å²) in [5, 5.41) is 0. The van der Waals surface area contributed by atoms with Gasteiger partial charge in [0.25, 0.3) is 5.91 Å². The van der Waals surface area contributed by atoms with E-state index in [1.54, 1.807) is 19.1 Å². The predicted octanol–water partition coefficient (Wildman–Crippen LogP) is 3.82. The van der Waals surface area contributed by atoms with E-state index < -0.39 is 6.10 Å². The third-order valence-corrected chi connectivity index (χ3v) is 3.87. The zero-order chi connectivity index (χ0) is 17.5. The van der Waals surface area contributed by atoms with Crippen LogP contribution in [0.4, 0.5) is 0 Å². The van der Waals surface area contributed by atoms with E-state index in [9.17, 15) is 4.79 Å². The lowest BCUT2D eigenvalue weighted by atomic mass is 10.2. The summed E-state index contributed by atoms with van der Waals surface area (Å²) < 4.78 is 11.0. The van der Waals surface area contributed by atoms with E-state index in [2.05, 4.69) is 0 Å². The third kappa shape index (κ3) is 4.75. The number of carbonyl (C=O) groups excluding carboxylic acids is 1. The Kier molecular flexibility index (Phi) is 6.24. The van der Waals surface area contributed by atoms with Crippen molar-refractivity contribution in [2.75, 3.05) is 14.2 Å². The molecule has 0 aromatic heterocycles. The maximum Gasteiger partial charge on any atom is 0.263 e. The van der Waals surface area contributed by atoms with Gasteiger partial charge in [0.1, 0.15) is 11.5 Å². The average Bonchev–Trinajstić information content (AvgIpc) is 2.59. The smallest absolute Gasteiger partial charge is 0.263 e. The molecule has 2 aromatic carbocycles. The number of likely N-dealkylation sites (N-methyl/N-ethyl adjacent to an activating group) is 1. The minimum Gasteiger partial charge on any atom is -0.497 e. The highest BCUT2D eigenvalue weighted by molar-refractivity contribution is 5.81. The van der Waals surface area contributed by atoms with Crippen LogP contribution in [0.1, 0.15) is 24.5 Å². The van der Waals surface area contributed by atoms with Crippen molar-refractivity contribution in [3.05, 3.63) is 59.7 Å². The van der Waals surface area contributed by atoms with Gasteiger partial charge in [-0.25, -0.2) is 0 Å². The fourth-order valence-electron chi connectivity index (χ4n) is 2.49. The van der Waals surface area contributed by atoms with E-state index in [0.29, 0.717) is 13.0 Å². The second-order valence-corrected chi connectivity index (χ2v) is 5.87. The summed E-state index contributed by atoms with van der Waals surface area (Å²) in [5.41, 5.74) is 2.17. The molecule has 0 aliphatic heterocycles. The van der Waals surface area contributed by atoms with Crippen molar-refractivity contribution in [3.8, 4) is 11.5 Å². The lowest BCUT2D eigenvalue weighted by molar-refractivity contribution is -0.138. The van der Waals surface area contributed by atoms with E-state index in [-0.39, 0.29) is 5.91 Å². The van der Waals surface area contributed by atoms with Crippen molar-refractivity contribution in [2.24, 2.45) is 0 Å². The second kappa shape index (κ2) is 8.39. The average molecular weight is 327 g/mol. The molecule has 128 valence electrons. The Bertz CT molecular complexity index is 667. The highest BCUT2D eigenvalue weighted by Gasteiger charge is 2.22. The van der Waals surface area contributed by atoms with Crippen molar-refractivity contribution in [1.29, 1.82) is 0 Å². The van der Waals surface area contributed by atoms with Crippen molar-refractivity contribution in [2.45, 2.75) is 32.9 Å². The molecule has 0 bridgehead atoms. The molecule has 0 saturated carbocycles. The van der Waals surface area contributed by atoms with Crippen LogP contribution in [0.25, 0.3) is 0 Å². The third-order valence-electron chi connectivity index (χ3n) is 3.87. The molecule has 0 spiro atoms. The van der Waals surface area contributed by atoms with Gasteiger partial charge in [0.2, 0.25) is 0 Å². The fraction of sp³-hybridized carbons (Fsp3) is 0.350. The second-order valence-electron chi connectivity index (χ2n) is 5.87. The van der Waals surface area contributed by atoms with Crippen LogP contribution in [0.3, 0.4) is 0 Å². The largest absolute Gasteiger partial charge is 0.497 e. The molecule has 2 aromatic rings. The number of amides is 1. The summed E-state index contributed by atoms with van der Waals surface area (Å²) >= 11 is 0. The quantitative estimate of drug-likeness (QED) is 0.776. The maximum absolute atomic E-state index is 12.7. The standard InChI is InChI=1S/C20H25NO3/c1-5-19(24-18-8-6-7-15(2)13-18)20(22)21(3)14-16-9-11-17(23-4)12-10-16/h6-13,19H,5,14H2,1-4H3/t19-/m0/s1. The molecule has 1 atom stereocenters. The van der Waals surface area contributed by atoms with Gasteiger partial charge in [-0.15, -0.1) is 0 Å². The molecule has 0 heterocycles. The lowest BCUT2D eigenvalue weighted by Gasteiger charge is -2.24. The van der Waals surface area contributed by atoms with E-state index in [1.807, 2.05) is 62.4 Å². The first kappa shape index (κ1) is 17.9. The predicted molar refractivity (Wildman–Crippen MR) is 95.4 cm³/mol. The summed E-state index contributed by atoms with van der Waals surface area (Å²) in [7, 11) is 3.44. The van der Waals surface area contributed by atoms with Gasteiger partial charge in [0.15, 0.2) is 6.10 Å². The lowest BCUT2D eigenvalue weighted by Crippen LogP contribution is -2.39. The molecule has 0 saturated heterocycles. The van der Waals surface area contributed by atoms with Gasteiger partial charge >= 0.3 is 0 Å². The zero-order valence-corrected chi connectivity index (χ0v) is 14.8. The number of benzene rings is 2. The SMILES string of the molecule is CC[C@H](Oc1cccc(C)c1)C(=O)N(C)Cc1ccc(OC)cc1. The Hall–Kier alpha value is -2.49. The molecule has 0 unspecified atom stereocenters. The van der Waals surface area contributed by atoms with Crippen molar-refractivity contribution < 1.29 is 14.3 Å². The van der Waals surface area contributed by atoms with Gasteiger partial charge < -0.3 is 14.4 Å². The molecule has 24 heavy (non-hydrogen) atoms. The first-order chi connectivity index (χ1) is 11.5. The summed E-state index contributed by atoms with van der Waals surface area (Å²) in [5.74, 6) is 1.52. The van der Waals surface area contributed by atoms with Gasteiger partial charge in [-0.1, -0.05) is 31.2 Å². The first-order valence-corrected chi connectivity index (χ1v) is 8.14. The molecule has 4 nitrogen and oxygen atoms in total. The highest BCUT2D eigenvalue weighted by Crippen LogP contribution is 2.17. The first-order valence-electron chi connectivity index (χ1n) is 8.14. The monoisotopic (exact) mass is 327 g/mol. The number of nitrogens with zero attached hydrogens (tertiary/aromatic N) is 1. The number of ether oxygens (including phenoxy) is 2. The number of carbonyl (C=O) groups is 1. The van der Waals surface area contributed by atoms with E-state index in [1.165, 1.54) is 0 Å². The van der Waals surface area contributed by atoms with Crippen LogP contribution in [0, 0.1) is 6.92 Å². The van der Waals surface area contributed by atoms with Crippen LogP contribution in [0.5, 0.6) is 11.5 Å². The normalized spacial score (nSPS) is 11.7. The summed E-state index contributed by atoms with van der Waals surface area (Å²) in [6.45, 7) is 4.50. The molecule has 0 N–H and O–H groups in total. The number of aryl methyl sites for hydroxylation is 1. The number of hydrogen-bond donors (Lipinski definition) is 0. The minimum absolute atomic E-state index is 0.0187. The van der Waals surface area contributed by atoms with Crippen molar-refractivity contribution >= 4 is 5.91 Å². The minimum atomic E-state index is -0.477. The molecule has 2 rings (SSSR count). The Morgan fingerprint density at radius 1 is 1.12 bits per heavy atom. The van der Waals surface area contributed by atoms with Gasteiger partial charge in [0.05, 0.1) is 7.11 Å². The molecule has 0 fully saturated rings. The Balaban J connectivity index is 2.00. The fourth-order valence-corrected chi connectivity index (χ4v) is 2.49. The van der Waals surface area contributed by atoms with Crippen LogP contribution >= 0.6 is 0 Å². The molecule has 0 radical (unpaired) electrons. The maximum atomic E-state index is 12.7. The van der Waals surface area contributed by atoms with E-state index in [0.717, 1.165) is 22.6 Å². The van der Waals surface area contributed by atoms with Crippen molar-refractivity contribution in [3.63, 3.8) is 0 Å². The summed E-state index contributed by atoms with van der Waals surface area (Å²) in [4.78, 5) is 14.4. The molecule has 0 aliphatic rings. The molecule has 1 amide bonds. The molecular formula is C20H25NO3. The molecular weight excluding hydrogens is 302 g/mol. The topological polar surface area (TPSA) is 38.8 Å². The van der Waals surface area contributed by atoms with Crippen LogP contribution in [-0.4, -0.2) is 31.1 Å². The van der Waals surface area contributed by atoms with Crippen LogP contribution in [0.15, 0.2) is 48.5 Å². The van der Waals surface area contributed by atoms with E-state index in [4.69, 9.17) is 9.47 Å². The zero-order valence-electron chi connectivity index (χ0n) is 14.8. The number of hydrogen-bond acceptors (Lipinski definition) is 3. The number of rotatable bonds is 7.